The SMILES string of the molecule is O=Cc1cc(OCCN2CCCC2)ccc1Br. The van der Waals surface area contributed by atoms with Gasteiger partial charge in [-0.05, 0) is 44.1 Å². The number of carbonyl (C=O) groups is 1. The van der Waals surface area contributed by atoms with Crippen LogP contribution in [0.5, 0.6) is 5.75 Å². The van der Waals surface area contributed by atoms with Crippen molar-refractivity contribution in [1.82, 2.24) is 4.90 Å². The van der Waals surface area contributed by atoms with Crippen LogP contribution in [0.25, 0.3) is 0 Å². The first-order valence-corrected chi connectivity index (χ1v) is 6.69. The van der Waals surface area contributed by atoms with Gasteiger partial charge in [-0.3, -0.25) is 9.69 Å². The van der Waals surface area contributed by atoms with Crippen molar-refractivity contribution in [3.63, 3.8) is 0 Å². The van der Waals surface area contributed by atoms with Crippen LogP contribution in [0.3, 0.4) is 0 Å². The first kappa shape index (κ1) is 12.6. The van der Waals surface area contributed by atoms with Crippen molar-refractivity contribution < 1.29 is 9.53 Å². The summed E-state index contributed by atoms with van der Waals surface area (Å²) in [6.45, 7) is 4.01. The van der Waals surface area contributed by atoms with Gasteiger partial charge in [0.15, 0.2) is 6.29 Å². The number of aldehydes is 1. The Hall–Kier alpha value is -0.870. The van der Waals surface area contributed by atoms with E-state index in [2.05, 4.69) is 20.8 Å². The van der Waals surface area contributed by atoms with Crippen molar-refractivity contribution in [2.45, 2.75) is 12.8 Å². The molecule has 17 heavy (non-hydrogen) atoms. The molecule has 1 aromatic rings. The smallest absolute Gasteiger partial charge is 0.151 e. The summed E-state index contributed by atoms with van der Waals surface area (Å²) in [6, 6.07) is 5.48. The Labute approximate surface area is 110 Å². The highest BCUT2D eigenvalue weighted by molar-refractivity contribution is 9.10. The molecule has 0 atom stereocenters. The van der Waals surface area contributed by atoms with E-state index < -0.39 is 0 Å². The van der Waals surface area contributed by atoms with E-state index in [-0.39, 0.29) is 0 Å². The molecule has 0 aliphatic carbocycles. The summed E-state index contributed by atoms with van der Waals surface area (Å²) in [5.41, 5.74) is 0.628. The minimum absolute atomic E-state index is 0.628. The maximum absolute atomic E-state index is 10.8. The largest absolute Gasteiger partial charge is 0.492 e. The Morgan fingerprint density at radius 2 is 2.12 bits per heavy atom. The van der Waals surface area contributed by atoms with Crippen LogP contribution in [-0.2, 0) is 0 Å². The highest BCUT2D eigenvalue weighted by Gasteiger charge is 2.10. The molecule has 92 valence electrons. The summed E-state index contributed by atoms with van der Waals surface area (Å²) in [4.78, 5) is 13.2. The lowest BCUT2D eigenvalue weighted by molar-refractivity contribution is 0.112. The van der Waals surface area contributed by atoms with Gasteiger partial charge in [-0.1, -0.05) is 15.9 Å². The summed E-state index contributed by atoms with van der Waals surface area (Å²) in [7, 11) is 0. The third kappa shape index (κ3) is 3.54. The molecule has 0 unspecified atom stereocenters. The summed E-state index contributed by atoms with van der Waals surface area (Å²) in [5.74, 6) is 0.759. The molecule has 1 aliphatic rings. The molecule has 0 radical (unpaired) electrons. The highest BCUT2D eigenvalue weighted by Crippen LogP contribution is 2.21. The number of hydrogen-bond donors (Lipinski definition) is 0. The molecule has 0 spiro atoms. The Morgan fingerprint density at radius 3 is 2.82 bits per heavy atom. The van der Waals surface area contributed by atoms with Gasteiger partial charge >= 0.3 is 0 Å². The second-order valence-corrected chi connectivity index (χ2v) is 5.05. The third-order valence-electron chi connectivity index (χ3n) is 2.97. The minimum Gasteiger partial charge on any atom is -0.492 e. The van der Waals surface area contributed by atoms with Gasteiger partial charge in [-0.25, -0.2) is 0 Å². The minimum atomic E-state index is 0.628. The molecule has 1 fully saturated rings. The fourth-order valence-electron chi connectivity index (χ4n) is 2.00. The normalized spacial score (nSPS) is 16.1. The Kier molecular flexibility index (Phi) is 4.57. The molecule has 3 nitrogen and oxygen atoms in total. The van der Waals surface area contributed by atoms with Crippen molar-refractivity contribution in [1.29, 1.82) is 0 Å². The first-order valence-electron chi connectivity index (χ1n) is 5.89. The number of halogens is 1. The topological polar surface area (TPSA) is 29.5 Å². The van der Waals surface area contributed by atoms with Crippen molar-refractivity contribution in [3.05, 3.63) is 28.2 Å². The summed E-state index contributed by atoms with van der Waals surface area (Å²) in [5, 5.41) is 0. The second-order valence-electron chi connectivity index (χ2n) is 4.20. The molecule has 4 heteroatoms. The molecule has 2 rings (SSSR count). The van der Waals surface area contributed by atoms with Crippen molar-refractivity contribution in [2.24, 2.45) is 0 Å². The number of ether oxygens (including phenoxy) is 1. The molecule has 1 heterocycles. The average Bonchev–Trinajstić information content (AvgIpc) is 2.84. The number of hydrogen-bond acceptors (Lipinski definition) is 3. The molecule has 1 aromatic carbocycles. The van der Waals surface area contributed by atoms with Crippen LogP contribution < -0.4 is 4.74 Å². The standard InChI is InChI=1S/C13H16BrNO2/c14-13-4-3-12(9-11(13)10-16)17-8-7-15-5-1-2-6-15/h3-4,9-10H,1-2,5-8H2. The van der Waals surface area contributed by atoms with E-state index >= 15 is 0 Å². The van der Waals surface area contributed by atoms with Gasteiger partial charge < -0.3 is 4.74 Å². The second kappa shape index (κ2) is 6.17. The molecule has 0 bridgehead atoms. The van der Waals surface area contributed by atoms with Crippen molar-refractivity contribution in [3.8, 4) is 5.75 Å². The lowest BCUT2D eigenvalue weighted by atomic mass is 10.2. The monoisotopic (exact) mass is 297 g/mol. The van der Waals surface area contributed by atoms with Gasteiger partial charge in [0.25, 0.3) is 0 Å². The van der Waals surface area contributed by atoms with E-state index in [0.29, 0.717) is 12.2 Å². The van der Waals surface area contributed by atoms with Gasteiger partial charge in [0, 0.05) is 16.6 Å². The average molecular weight is 298 g/mol. The summed E-state index contributed by atoms with van der Waals surface area (Å²) >= 11 is 3.32. The zero-order valence-electron chi connectivity index (χ0n) is 9.69. The van der Waals surface area contributed by atoms with Gasteiger partial charge in [-0.15, -0.1) is 0 Å². The van der Waals surface area contributed by atoms with Crippen LogP contribution in [0.15, 0.2) is 22.7 Å². The first-order chi connectivity index (χ1) is 8.29. The van der Waals surface area contributed by atoms with E-state index in [0.717, 1.165) is 23.1 Å². The van der Waals surface area contributed by atoms with E-state index in [9.17, 15) is 4.79 Å². The molecule has 1 aliphatic heterocycles. The molecule has 0 aromatic heterocycles. The molecule has 0 saturated carbocycles. The summed E-state index contributed by atoms with van der Waals surface area (Å²) in [6.07, 6.45) is 3.43. The van der Waals surface area contributed by atoms with Gasteiger partial charge in [0.2, 0.25) is 0 Å². The molecular weight excluding hydrogens is 282 g/mol. The Morgan fingerprint density at radius 1 is 1.35 bits per heavy atom. The zero-order valence-corrected chi connectivity index (χ0v) is 11.3. The quantitative estimate of drug-likeness (QED) is 0.783. The molecule has 0 amide bonds. The summed E-state index contributed by atoms with van der Waals surface area (Å²) < 4.78 is 6.45. The van der Waals surface area contributed by atoms with Gasteiger partial charge in [0.1, 0.15) is 12.4 Å². The van der Waals surface area contributed by atoms with Gasteiger partial charge in [-0.2, -0.15) is 0 Å². The fourth-order valence-corrected chi connectivity index (χ4v) is 2.34. The van der Waals surface area contributed by atoms with Crippen LogP contribution in [0, 0.1) is 0 Å². The number of benzene rings is 1. The fraction of sp³-hybridized carbons (Fsp3) is 0.462. The Balaban J connectivity index is 1.83. The number of likely N-dealkylation sites (tertiary alicyclic amines) is 1. The van der Waals surface area contributed by atoms with E-state index in [1.54, 1.807) is 6.07 Å². The van der Waals surface area contributed by atoms with E-state index in [1.165, 1.54) is 25.9 Å². The van der Waals surface area contributed by atoms with E-state index in [4.69, 9.17) is 4.74 Å². The predicted octanol–water partition coefficient (Wildman–Crippen LogP) is 2.74. The van der Waals surface area contributed by atoms with Crippen molar-refractivity contribution >= 4 is 22.2 Å². The van der Waals surface area contributed by atoms with Crippen LogP contribution >= 0.6 is 15.9 Å². The maximum atomic E-state index is 10.8. The van der Waals surface area contributed by atoms with E-state index in [1.807, 2.05) is 12.1 Å². The third-order valence-corrected chi connectivity index (χ3v) is 3.69. The predicted molar refractivity (Wildman–Crippen MR) is 70.7 cm³/mol. The highest BCUT2D eigenvalue weighted by atomic mass is 79.9. The molecule has 1 saturated heterocycles. The van der Waals surface area contributed by atoms with Crippen LogP contribution in [0.4, 0.5) is 0 Å². The number of carbonyl (C=O) groups excluding carboxylic acids is 1. The van der Waals surface area contributed by atoms with Crippen LogP contribution in [-0.4, -0.2) is 37.4 Å². The maximum Gasteiger partial charge on any atom is 0.151 e. The Bertz CT molecular complexity index is 389. The zero-order chi connectivity index (χ0) is 12.1. The lowest BCUT2D eigenvalue weighted by Gasteiger charge is -2.15. The molecule has 0 N–H and O–H groups in total. The van der Waals surface area contributed by atoms with Crippen LogP contribution in [0.1, 0.15) is 23.2 Å². The van der Waals surface area contributed by atoms with Crippen molar-refractivity contribution in [2.75, 3.05) is 26.2 Å². The number of rotatable bonds is 5. The molecular formula is C13H16BrNO2. The lowest BCUT2D eigenvalue weighted by Crippen LogP contribution is -2.25. The van der Waals surface area contributed by atoms with Crippen LogP contribution in [0.2, 0.25) is 0 Å². The van der Waals surface area contributed by atoms with Gasteiger partial charge in [0.05, 0.1) is 0 Å². The number of nitrogens with zero attached hydrogens (tertiary/aromatic N) is 1.